The van der Waals surface area contributed by atoms with Crippen molar-refractivity contribution in [3.8, 4) is 0 Å². The molecule has 0 aliphatic rings. The zero-order valence-corrected chi connectivity index (χ0v) is 11.5. The summed E-state index contributed by atoms with van der Waals surface area (Å²) < 4.78 is 37.0. The molecule has 1 aromatic rings. The molecule has 0 saturated carbocycles. The van der Waals surface area contributed by atoms with Gasteiger partial charge in [0, 0.05) is 6.42 Å². The second-order valence-electron chi connectivity index (χ2n) is 4.08. The molecule has 1 atom stereocenters. The van der Waals surface area contributed by atoms with Crippen LogP contribution in [0.3, 0.4) is 0 Å². The molecule has 1 rings (SSSR count). The predicted molar refractivity (Wildman–Crippen MR) is 67.8 cm³/mol. The van der Waals surface area contributed by atoms with Crippen LogP contribution in [0.15, 0.2) is 24.3 Å². The van der Waals surface area contributed by atoms with Crippen LogP contribution in [-0.2, 0) is 17.4 Å². The van der Waals surface area contributed by atoms with Gasteiger partial charge in [-0.15, -0.1) is 0 Å². The Hall–Kier alpha value is -0.840. The van der Waals surface area contributed by atoms with Gasteiger partial charge < -0.3 is 0 Å². The van der Waals surface area contributed by atoms with Gasteiger partial charge in [-0.25, -0.2) is 0 Å². The van der Waals surface area contributed by atoms with Crippen LogP contribution in [0.25, 0.3) is 0 Å². The SMILES string of the molecule is CCCC(=O)C(Br)Cc1ccc(C(F)(F)F)cc1. The molecule has 0 aliphatic carbocycles. The van der Waals surface area contributed by atoms with Crippen LogP contribution >= 0.6 is 15.9 Å². The number of carbonyl (C=O) groups excluding carboxylic acids is 1. The summed E-state index contributed by atoms with van der Waals surface area (Å²) in [6, 6.07) is 4.91. The van der Waals surface area contributed by atoms with Gasteiger partial charge in [-0.3, -0.25) is 4.79 Å². The molecule has 1 aromatic carbocycles. The molecule has 0 saturated heterocycles. The fourth-order valence-electron chi connectivity index (χ4n) is 1.55. The highest BCUT2D eigenvalue weighted by Gasteiger charge is 2.30. The summed E-state index contributed by atoms with van der Waals surface area (Å²) in [6.45, 7) is 1.91. The molecule has 0 amide bonds. The number of alkyl halides is 4. The van der Waals surface area contributed by atoms with E-state index in [1.165, 1.54) is 12.1 Å². The molecular formula is C13H14BrF3O. The minimum atomic E-state index is -4.32. The van der Waals surface area contributed by atoms with E-state index < -0.39 is 11.7 Å². The molecular weight excluding hydrogens is 309 g/mol. The number of ketones is 1. The first-order chi connectivity index (χ1) is 8.34. The van der Waals surface area contributed by atoms with Crippen LogP contribution < -0.4 is 0 Å². The first kappa shape index (κ1) is 15.2. The van der Waals surface area contributed by atoms with Crippen LogP contribution in [0.5, 0.6) is 0 Å². The minimum Gasteiger partial charge on any atom is -0.298 e. The van der Waals surface area contributed by atoms with Crippen molar-refractivity contribution in [3.05, 3.63) is 35.4 Å². The lowest BCUT2D eigenvalue weighted by atomic mass is 10.0. The van der Waals surface area contributed by atoms with Gasteiger partial charge in [0.15, 0.2) is 0 Å². The van der Waals surface area contributed by atoms with Crippen LogP contribution in [0.2, 0.25) is 0 Å². The van der Waals surface area contributed by atoms with Crippen molar-refractivity contribution in [1.82, 2.24) is 0 Å². The van der Waals surface area contributed by atoms with E-state index in [2.05, 4.69) is 15.9 Å². The smallest absolute Gasteiger partial charge is 0.298 e. The van der Waals surface area contributed by atoms with Crippen molar-refractivity contribution < 1.29 is 18.0 Å². The van der Waals surface area contributed by atoms with Gasteiger partial charge >= 0.3 is 6.18 Å². The van der Waals surface area contributed by atoms with Crippen LogP contribution in [-0.4, -0.2) is 10.6 Å². The van der Waals surface area contributed by atoms with Gasteiger partial charge in [-0.05, 0) is 30.5 Å². The van der Waals surface area contributed by atoms with Gasteiger partial charge in [-0.2, -0.15) is 13.2 Å². The lowest BCUT2D eigenvalue weighted by molar-refractivity contribution is -0.137. The van der Waals surface area contributed by atoms with Crippen molar-refractivity contribution in [3.63, 3.8) is 0 Å². The van der Waals surface area contributed by atoms with Crippen LogP contribution in [0.1, 0.15) is 30.9 Å². The number of halogens is 4. The molecule has 1 unspecified atom stereocenters. The third kappa shape index (κ3) is 4.44. The summed E-state index contributed by atoms with van der Waals surface area (Å²) in [5.41, 5.74) is 0.0478. The molecule has 0 N–H and O–H groups in total. The maximum atomic E-state index is 12.3. The van der Waals surface area contributed by atoms with E-state index in [4.69, 9.17) is 0 Å². The van der Waals surface area contributed by atoms with Crippen molar-refractivity contribution in [2.24, 2.45) is 0 Å². The second kappa shape index (κ2) is 6.36. The number of carbonyl (C=O) groups is 1. The Morgan fingerprint density at radius 3 is 2.28 bits per heavy atom. The van der Waals surface area contributed by atoms with Gasteiger partial charge in [0.25, 0.3) is 0 Å². The highest BCUT2D eigenvalue weighted by atomic mass is 79.9. The fraction of sp³-hybridized carbons (Fsp3) is 0.462. The summed E-state index contributed by atoms with van der Waals surface area (Å²) in [6.07, 6.45) is -2.65. The molecule has 1 nitrogen and oxygen atoms in total. The highest BCUT2D eigenvalue weighted by Crippen LogP contribution is 2.29. The van der Waals surface area contributed by atoms with Crippen LogP contribution in [0.4, 0.5) is 13.2 Å². The van der Waals surface area contributed by atoms with E-state index in [1.54, 1.807) is 0 Å². The monoisotopic (exact) mass is 322 g/mol. The zero-order chi connectivity index (χ0) is 13.8. The largest absolute Gasteiger partial charge is 0.416 e. The average Bonchev–Trinajstić information content (AvgIpc) is 2.28. The normalized spacial score (nSPS) is 13.4. The maximum Gasteiger partial charge on any atom is 0.416 e. The average molecular weight is 323 g/mol. The van der Waals surface area contributed by atoms with Gasteiger partial charge in [0.05, 0.1) is 10.4 Å². The third-order valence-corrected chi connectivity index (χ3v) is 3.38. The van der Waals surface area contributed by atoms with Gasteiger partial charge in [-0.1, -0.05) is 35.0 Å². The Bertz CT molecular complexity index is 398. The van der Waals surface area contributed by atoms with E-state index in [0.717, 1.165) is 18.6 Å². The fourth-order valence-corrected chi connectivity index (χ4v) is 2.16. The van der Waals surface area contributed by atoms with Crippen molar-refractivity contribution >= 4 is 21.7 Å². The maximum absolute atomic E-state index is 12.3. The second-order valence-corrected chi connectivity index (χ2v) is 5.19. The Labute approximate surface area is 113 Å². The molecule has 0 spiro atoms. The Balaban J connectivity index is 2.67. The molecule has 100 valence electrons. The predicted octanol–water partition coefficient (Wildman–Crippen LogP) is 4.38. The summed E-state index contributed by atoms with van der Waals surface area (Å²) in [7, 11) is 0. The number of benzene rings is 1. The number of rotatable bonds is 5. The minimum absolute atomic E-state index is 0.0809. The van der Waals surface area contributed by atoms with Crippen molar-refractivity contribution in [1.29, 1.82) is 0 Å². The molecule has 0 bridgehead atoms. The van der Waals surface area contributed by atoms with Gasteiger partial charge in [0.2, 0.25) is 0 Å². The molecule has 18 heavy (non-hydrogen) atoms. The first-order valence-corrected chi connectivity index (χ1v) is 6.59. The summed E-state index contributed by atoms with van der Waals surface area (Å²) in [5.74, 6) is 0.0809. The lowest BCUT2D eigenvalue weighted by Crippen LogP contribution is -2.16. The van der Waals surface area contributed by atoms with Crippen molar-refractivity contribution in [2.75, 3.05) is 0 Å². The van der Waals surface area contributed by atoms with E-state index in [1.807, 2.05) is 6.92 Å². The standard InChI is InChI=1S/C13H14BrF3O/c1-2-3-12(18)11(14)8-9-4-6-10(7-5-9)13(15,16)17/h4-7,11H,2-3,8H2,1H3. The molecule has 0 aliphatic heterocycles. The molecule has 0 fully saturated rings. The van der Waals surface area contributed by atoms with E-state index in [0.29, 0.717) is 18.4 Å². The topological polar surface area (TPSA) is 17.1 Å². The third-order valence-electron chi connectivity index (χ3n) is 2.54. The Kier molecular flexibility index (Phi) is 5.38. The van der Waals surface area contributed by atoms with Crippen LogP contribution in [0, 0.1) is 0 Å². The highest BCUT2D eigenvalue weighted by molar-refractivity contribution is 9.10. The zero-order valence-electron chi connectivity index (χ0n) is 9.93. The van der Waals surface area contributed by atoms with Crippen molar-refractivity contribution in [2.45, 2.75) is 37.2 Å². The van der Waals surface area contributed by atoms with E-state index in [9.17, 15) is 18.0 Å². The quantitative estimate of drug-likeness (QED) is 0.735. The van der Waals surface area contributed by atoms with E-state index in [-0.39, 0.29) is 10.6 Å². The Morgan fingerprint density at radius 2 is 1.83 bits per heavy atom. The Morgan fingerprint density at radius 1 is 1.28 bits per heavy atom. The summed E-state index contributed by atoms with van der Waals surface area (Å²) >= 11 is 3.27. The number of hydrogen-bond donors (Lipinski definition) is 0. The van der Waals surface area contributed by atoms with E-state index >= 15 is 0 Å². The summed E-state index contributed by atoms with van der Waals surface area (Å²) in [4.78, 5) is 11.2. The number of hydrogen-bond acceptors (Lipinski definition) is 1. The molecule has 0 aromatic heterocycles. The summed E-state index contributed by atoms with van der Waals surface area (Å²) in [5, 5.41) is 0. The van der Waals surface area contributed by atoms with Gasteiger partial charge in [0.1, 0.15) is 5.78 Å². The lowest BCUT2D eigenvalue weighted by Gasteiger charge is -2.10. The first-order valence-electron chi connectivity index (χ1n) is 5.67. The number of Topliss-reactive ketones (excluding diaryl/α,β-unsaturated/α-hetero) is 1. The molecule has 0 heterocycles. The molecule has 0 radical (unpaired) electrons. The molecule has 5 heteroatoms.